The zero-order valence-corrected chi connectivity index (χ0v) is 10.9. The normalized spacial score (nSPS) is 17.6. The van der Waals surface area contributed by atoms with Crippen LogP contribution in [0.2, 0.25) is 0 Å². The summed E-state index contributed by atoms with van der Waals surface area (Å²) >= 11 is 0. The van der Waals surface area contributed by atoms with Crippen LogP contribution in [0.25, 0.3) is 0 Å². The van der Waals surface area contributed by atoms with E-state index in [0.717, 1.165) is 24.0 Å². The number of aromatic nitrogens is 1. The second kappa shape index (κ2) is 3.83. The fraction of sp³-hybridized carbons (Fsp3) is 0.571. The summed E-state index contributed by atoms with van der Waals surface area (Å²) in [4.78, 5) is 16.1. The molecule has 0 amide bonds. The van der Waals surface area contributed by atoms with E-state index in [1.54, 1.807) is 6.20 Å². The highest BCUT2D eigenvalue weighted by molar-refractivity contribution is 5.86. The van der Waals surface area contributed by atoms with Crippen molar-refractivity contribution in [2.75, 3.05) is 7.11 Å². The Morgan fingerprint density at radius 3 is 2.47 bits per heavy atom. The molecule has 0 aromatic carbocycles. The average Bonchev–Trinajstić information content (AvgIpc) is 3.08. The van der Waals surface area contributed by atoms with Crippen molar-refractivity contribution >= 4 is 5.97 Å². The van der Waals surface area contributed by atoms with E-state index in [0.29, 0.717) is 0 Å². The summed E-state index contributed by atoms with van der Waals surface area (Å²) in [6.45, 7) is 6.43. The molecule has 0 atom stereocenters. The number of esters is 1. The number of pyridine rings is 1. The lowest BCUT2D eigenvalue weighted by Gasteiger charge is -2.21. The van der Waals surface area contributed by atoms with Gasteiger partial charge in [0.05, 0.1) is 12.5 Å². The minimum Gasteiger partial charge on any atom is -0.468 e. The van der Waals surface area contributed by atoms with Crippen LogP contribution in [-0.4, -0.2) is 18.1 Å². The molecular weight excluding hydrogens is 214 g/mol. The minimum absolute atomic E-state index is 0.0508. The Labute approximate surface area is 102 Å². The first-order chi connectivity index (χ1) is 7.90. The summed E-state index contributed by atoms with van der Waals surface area (Å²) in [5, 5.41) is 0. The summed E-state index contributed by atoms with van der Waals surface area (Å²) in [7, 11) is 1.45. The van der Waals surface area contributed by atoms with Crippen LogP contribution in [0.1, 0.15) is 44.7 Å². The molecule has 0 N–H and O–H groups in total. The molecule has 92 valence electrons. The zero-order valence-electron chi connectivity index (χ0n) is 10.9. The van der Waals surface area contributed by atoms with Gasteiger partial charge in [0.2, 0.25) is 0 Å². The van der Waals surface area contributed by atoms with Crippen molar-refractivity contribution in [2.24, 2.45) is 0 Å². The predicted octanol–water partition coefficient (Wildman–Crippen LogP) is 2.58. The molecule has 3 nitrogen and oxygen atoms in total. The highest BCUT2D eigenvalue weighted by atomic mass is 16.5. The van der Waals surface area contributed by atoms with Crippen LogP contribution in [0.15, 0.2) is 18.5 Å². The molecule has 2 rings (SSSR count). The molecule has 1 aliphatic rings. The van der Waals surface area contributed by atoms with Crippen LogP contribution in [0, 0.1) is 0 Å². The second-order valence-electron chi connectivity index (χ2n) is 5.79. The molecule has 17 heavy (non-hydrogen) atoms. The lowest BCUT2D eigenvalue weighted by molar-refractivity contribution is -0.143. The van der Waals surface area contributed by atoms with Gasteiger partial charge in [-0.1, -0.05) is 26.8 Å². The molecule has 0 bridgehead atoms. The molecule has 0 aliphatic heterocycles. The number of nitrogens with zero attached hydrogens (tertiary/aromatic N) is 1. The fourth-order valence-corrected chi connectivity index (χ4v) is 2.04. The molecule has 1 aliphatic carbocycles. The van der Waals surface area contributed by atoms with Crippen molar-refractivity contribution in [2.45, 2.75) is 44.4 Å². The topological polar surface area (TPSA) is 39.2 Å². The van der Waals surface area contributed by atoms with Gasteiger partial charge in [-0.3, -0.25) is 9.78 Å². The highest BCUT2D eigenvalue weighted by Crippen LogP contribution is 2.49. The predicted molar refractivity (Wildman–Crippen MR) is 65.9 cm³/mol. The summed E-state index contributed by atoms with van der Waals surface area (Å²) in [6.07, 6.45) is 5.40. The quantitative estimate of drug-likeness (QED) is 0.737. The third-order valence-electron chi connectivity index (χ3n) is 3.48. The van der Waals surface area contributed by atoms with Gasteiger partial charge in [0, 0.05) is 12.4 Å². The number of methoxy groups -OCH3 is 1. The van der Waals surface area contributed by atoms with Crippen molar-refractivity contribution in [3.05, 3.63) is 29.6 Å². The first-order valence-electron chi connectivity index (χ1n) is 5.94. The van der Waals surface area contributed by atoms with E-state index in [2.05, 4.69) is 31.8 Å². The third-order valence-corrected chi connectivity index (χ3v) is 3.48. The lowest BCUT2D eigenvalue weighted by atomic mass is 9.85. The Kier molecular flexibility index (Phi) is 2.72. The number of rotatable bonds is 2. The zero-order chi connectivity index (χ0) is 12.7. The van der Waals surface area contributed by atoms with E-state index in [1.807, 2.05) is 6.20 Å². The summed E-state index contributed by atoms with van der Waals surface area (Å²) in [5.41, 5.74) is 1.79. The summed E-state index contributed by atoms with van der Waals surface area (Å²) in [6, 6.07) is 2.09. The van der Waals surface area contributed by atoms with Crippen LogP contribution < -0.4 is 0 Å². The molecule has 1 saturated carbocycles. The van der Waals surface area contributed by atoms with Crippen molar-refractivity contribution in [1.29, 1.82) is 0 Å². The number of carbonyl (C=O) groups excluding carboxylic acids is 1. The van der Waals surface area contributed by atoms with Gasteiger partial charge in [-0.15, -0.1) is 0 Å². The van der Waals surface area contributed by atoms with Crippen molar-refractivity contribution in [3.63, 3.8) is 0 Å². The number of hydrogen-bond donors (Lipinski definition) is 0. The van der Waals surface area contributed by atoms with Gasteiger partial charge in [0.15, 0.2) is 0 Å². The van der Waals surface area contributed by atoms with Crippen LogP contribution in [0.3, 0.4) is 0 Å². The molecule has 0 saturated heterocycles. The van der Waals surface area contributed by atoms with Crippen molar-refractivity contribution < 1.29 is 9.53 Å². The van der Waals surface area contributed by atoms with Gasteiger partial charge in [-0.25, -0.2) is 0 Å². The smallest absolute Gasteiger partial charge is 0.316 e. The molecule has 1 aromatic heterocycles. The third kappa shape index (κ3) is 2.06. The molecule has 1 fully saturated rings. The first-order valence-corrected chi connectivity index (χ1v) is 5.94. The summed E-state index contributed by atoms with van der Waals surface area (Å²) in [5.74, 6) is -0.134. The number of ether oxygens (including phenoxy) is 1. The van der Waals surface area contributed by atoms with Gasteiger partial charge < -0.3 is 4.74 Å². The standard InChI is InChI=1S/C14H19NO2/c1-13(2,3)10-7-11(9-15-8-10)14(5-6-14)12(16)17-4/h7-9H,5-6H2,1-4H3. The maximum atomic E-state index is 11.8. The molecule has 0 unspecified atom stereocenters. The monoisotopic (exact) mass is 233 g/mol. The van der Waals surface area contributed by atoms with Gasteiger partial charge in [0.25, 0.3) is 0 Å². The fourth-order valence-electron chi connectivity index (χ4n) is 2.04. The molecular formula is C14H19NO2. The summed E-state index contributed by atoms with van der Waals surface area (Å²) < 4.78 is 4.89. The minimum atomic E-state index is -0.414. The van der Waals surface area contributed by atoms with Crippen LogP contribution >= 0.6 is 0 Å². The lowest BCUT2D eigenvalue weighted by Crippen LogP contribution is -2.23. The maximum Gasteiger partial charge on any atom is 0.316 e. The maximum absolute atomic E-state index is 11.8. The molecule has 1 heterocycles. The van der Waals surface area contributed by atoms with Crippen LogP contribution in [0.4, 0.5) is 0 Å². The van der Waals surface area contributed by atoms with Crippen molar-refractivity contribution in [3.8, 4) is 0 Å². The SMILES string of the molecule is COC(=O)C1(c2cncc(C(C)(C)C)c2)CC1. The van der Waals surface area contributed by atoms with E-state index in [9.17, 15) is 4.79 Å². The average molecular weight is 233 g/mol. The Balaban J connectivity index is 2.38. The van der Waals surface area contributed by atoms with E-state index >= 15 is 0 Å². The Morgan fingerprint density at radius 2 is 2.00 bits per heavy atom. The van der Waals surface area contributed by atoms with Gasteiger partial charge in [-0.2, -0.15) is 0 Å². The van der Waals surface area contributed by atoms with Gasteiger partial charge in [0.1, 0.15) is 0 Å². The number of carbonyl (C=O) groups is 1. The molecule has 1 aromatic rings. The van der Waals surface area contributed by atoms with Gasteiger partial charge >= 0.3 is 5.97 Å². The van der Waals surface area contributed by atoms with Crippen molar-refractivity contribution in [1.82, 2.24) is 4.98 Å². The highest BCUT2D eigenvalue weighted by Gasteiger charge is 2.52. The van der Waals surface area contributed by atoms with E-state index in [1.165, 1.54) is 7.11 Å². The van der Waals surface area contributed by atoms with E-state index in [-0.39, 0.29) is 11.4 Å². The Hall–Kier alpha value is -1.38. The molecule has 0 radical (unpaired) electrons. The first kappa shape index (κ1) is 12.1. The largest absolute Gasteiger partial charge is 0.468 e. The van der Waals surface area contributed by atoms with Crippen LogP contribution in [-0.2, 0) is 20.4 Å². The van der Waals surface area contributed by atoms with Crippen LogP contribution in [0.5, 0.6) is 0 Å². The van der Waals surface area contributed by atoms with E-state index in [4.69, 9.17) is 4.74 Å². The Bertz CT molecular complexity index is 442. The van der Waals surface area contributed by atoms with E-state index < -0.39 is 5.41 Å². The van der Waals surface area contributed by atoms with Gasteiger partial charge in [-0.05, 0) is 29.4 Å². The number of hydrogen-bond acceptors (Lipinski definition) is 3. The second-order valence-corrected chi connectivity index (χ2v) is 5.79. The molecule has 3 heteroatoms. The molecule has 0 spiro atoms. The Morgan fingerprint density at radius 1 is 1.35 bits per heavy atom.